The SMILES string of the molecule is Cl.NC1C2CCCC1CC(C(=O)Nc1ccc(F)cc1OCC(F)(F)F)C2. The number of carbonyl (C=O) groups is 1. The molecule has 2 aliphatic carbocycles. The van der Waals surface area contributed by atoms with Crippen LogP contribution < -0.4 is 15.8 Å². The third-order valence-corrected chi connectivity index (χ3v) is 5.38. The second-order valence-electron chi connectivity index (χ2n) is 7.23. The van der Waals surface area contributed by atoms with Crippen LogP contribution in [0, 0.1) is 23.6 Å². The average Bonchev–Trinajstić information content (AvgIpc) is 2.54. The van der Waals surface area contributed by atoms with Crippen LogP contribution in [-0.4, -0.2) is 24.7 Å². The van der Waals surface area contributed by atoms with E-state index in [4.69, 9.17) is 5.73 Å². The predicted octanol–water partition coefficient (Wildman–Crippen LogP) is 4.28. The smallest absolute Gasteiger partial charge is 0.422 e. The lowest BCUT2D eigenvalue weighted by molar-refractivity contribution is -0.153. The van der Waals surface area contributed by atoms with Crippen molar-refractivity contribution in [2.75, 3.05) is 11.9 Å². The zero-order chi connectivity index (χ0) is 18.9. The summed E-state index contributed by atoms with van der Waals surface area (Å²) in [5.41, 5.74) is 6.26. The van der Waals surface area contributed by atoms with E-state index in [1.165, 1.54) is 6.07 Å². The van der Waals surface area contributed by atoms with Crippen LogP contribution in [0.1, 0.15) is 32.1 Å². The van der Waals surface area contributed by atoms with E-state index >= 15 is 0 Å². The molecule has 2 fully saturated rings. The van der Waals surface area contributed by atoms with Crippen molar-refractivity contribution in [2.24, 2.45) is 23.5 Å². The first-order chi connectivity index (χ1) is 12.2. The molecule has 9 heteroatoms. The minimum absolute atomic E-state index is 0. The van der Waals surface area contributed by atoms with Gasteiger partial charge in [-0.1, -0.05) is 6.42 Å². The van der Waals surface area contributed by atoms with Crippen LogP contribution >= 0.6 is 12.4 Å². The fraction of sp³-hybridized carbons (Fsp3) is 0.611. The molecule has 0 aliphatic heterocycles. The molecule has 2 bridgehead atoms. The van der Waals surface area contributed by atoms with Gasteiger partial charge in [-0.25, -0.2) is 4.39 Å². The van der Waals surface area contributed by atoms with Crippen molar-refractivity contribution < 1.29 is 27.1 Å². The van der Waals surface area contributed by atoms with Crippen LogP contribution in [-0.2, 0) is 4.79 Å². The lowest BCUT2D eigenvalue weighted by Gasteiger charge is -2.43. The highest BCUT2D eigenvalue weighted by molar-refractivity contribution is 5.94. The number of ether oxygens (including phenoxy) is 1. The molecule has 1 aromatic rings. The highest BCUT2D eigenvalue weighted by atomic mass is 35.5. The molecule has 0 spiro atoms. The molecule has 0 aromatic heterocycles. The minimum atomic E-state index is -4.55. The van der Waals surface area contributed by atoms with Crippen LogP contribution in [0.3, 0.4) is 0 Å². The number of anilines is 1. The molecule has 3 N–H and O–H groups in total. The number of benzene rings is 1. The third-order valence-electron chi connectivity index (χ3n) is 5.38. The summed E-state index contributed by atoms with van der Waals surface area (Å²) in [6, 6.07) is 3.24. The highest BCUT2D eigenvalue weighted by Gasteiger charge is 2.40. The molecule has 4 nitrogen and oxygen atoms in total. The predicted molar refractivity (Wildman–Crippen MR) is 95.4 cm³/mol. The van der Waals surface area contributed by atoms with Crippen LogP contribution in [0.15, 0.2) is 18.2 Å². The van der Waals surface area contributed by atoms with Crippen LogP contribution in [0.5, 0.6) is 5.75 Å². The Morgan fingerprint density at radius 3 is 2.44 bits per heavy atom. The molecule has 2 atom stereocenters. The lowest BCUT2D eigenvalue weighted by Crippen LogP contribution is -2.48. The Bertz CT molecular complexity index is 657. The summed E-state index contributed by atoms with van der Waals surface area (Å²) in [4.78, 5) is 12.6. The first kappa shape index (κ1) is 21.8. The summed E-state index contributed by atoms with van der Waals surface area (Å²) in [5.74, 6) is -0.996. The molecule has 152 valence electrons. The first-order valence-electron chi connectivity index (χ1n) is 8.78. The van der Waals surface area contributed by atoms with Crippen LogP contribution in [0.25, 0.3) is 0 Å². The van der Waals surface area contributed by atoms with E-state index < -0.39 is 18.6 Å². The third kappa shape index (κ3) is 5.48. The van der Waals surface area contributed by atoms with Gasteiger partial charge in [-0.05, 0) is 49.7 Å². The average molecular weight is 411 g/mol. The molecule has 1 amide bonds. The van der Waals surface area contributed by atoms with Crippen molar-refractivity contribution in [1.29, 1.82) is 0 Å². The standard InChI is InChI=1S/C18H22F4N2O2.ClH/c19-13-4-5-14(15(8-13)26-9-18(20,21)22)24-17(25)12-6-10-2-1-3-11(7-12)16(10)23;/h4-5,8,10-12,16H,1-3,6-7,9,23H2,(H,24,25);1H. The maximum atomic E-state index is 13.4. The van der Waals surface area contributed by atoms with Gasteiger partial charge in [0.15, 0.2) is 6.61 Å². The molecule has 2 unspecified atom stereocenters. The van der Waals surface area contributed by atoms with E-state index in [9.17, 15) is 22.4 Å². The molecule has 2 saturated carbocycles. The minimum Gasteiger partial charge on any atom is -0.482 e. The Hall–Kier alpha value is -1.54. The zero-order valence-corrected chi connectivity index (χ0v) is 15.4. The number of hydrogen-bond acceptors (Lipinski definition) is 3. The van der Waals surface area contributed by atoms with Crippen molar-refractivity contribution in [1.82, 2.24) is 0 Å². The Kier molecular flexibility index (Phi) is 6.97. The maximum Gasteiger partial charge on any atom is 0.422 e. The van der Waals surface area contributed by atoms with Crippen molar-refractivity contribution in [3.05, 3.63) is 24.0 Å². The monoisotopic (exact) mass is 410 g/mol. The molecule has 3 rings (SSSR count). The zero-order valence-electron chi connectivity index (χ0n) is 14.6. The van der Waals surface area contributed by atoms with Gasteiger partial charge in [-0.15, -0.1) is 12.4 Å². The van der Waals surface area contributed by atoms with Gasteiger partial charge in [0.25, 0.3) is 0 Å². The fourth-order valence-corrected chi connectivity index (χ4v) is 4.12. The molecule has 27 heavy (non-hydrogen) atoms. The fourth-order valence-electron chi connectivity index (χ4n) is 4.12. The van der Waals surface area contributed by atoms with Gasteiger partial charge in [0, 0.05) is 18.0 Å². The Labute approximate surface area is 161 Å². The van der Waals surface area contributed by atoms with Gasteiger partial charge in [-0.3, -0.25) is 4.79 Å². The van der Waals surface area contributed by atoms with Gasteiger partial charge in [0.2, 0.25) is 5.91 Å². The lowest BCUT2D eigenvalue weighted by atomic mass is 9.65. The van der Waals surface area contributed by atoms with Gasteiger partial charge >= 0.3 is 6.18 Å². The van der Waals surface area contributed by atoms with E-state index in [-0.39, 0.29) is 41.7 Å². The second-order valence-corrected chi connectivity index (χ2v) is 7.23. The van der Waals surface area contributed by atoms with Gasteiger partial charge in [0.1, 0.15) is 11.6 Å². The Balaban J connectivity index is 0.00000261. The molecule has 1 aromatic carbocycles. The first-order valence-corrected chi connectivity index (χ1v) is 8.78. The Morgan fingerprint density at radius 2 is 1.85 bits per heavy atom. The number of carbonyl (C=O) groups excluding carboxylic acids is 1. The highest BCUT2D eigenvalue weighted by Crippen LogP contribution is 2.42. The van der Waals surface area contributed by atoms with E-state index in [0.717, 1.165) is 31.4 Å². The van der Waals surface area contributed by atoms with Crippen molar-refractivity contribution >= 4 is 24.0 Å². The van der Waals surface area contributed by atoms with Crippen molar-refractivity contribution in [3.63, 3.8) is 0 Å². The summed E-state index contributed by atoms with van der Waals surface area (Å²) >= 11 is 0. The Morgan fingerprint density at radius 1 is 1.22 bits per heavy atom. The quantitative estimate of drug-likeness (QED) is 0.728. The molecular weight excluding hydrogens is 388 g/mol. The topological polar surface area (TPSA) is 64.4 Å². The van der Waals surface area contributed by atoms with E-state index in [1.54, 1.807) is 0 Å². The number of alkyl halides is 3. The van der Waals surface area contributed by atoms with Crippen LogP contribution in [0.2, 0.25) is 0 Å². The van der Waals surface area contributed by atoms with E-state index in [0.29, 0.717) is 24.7 Å². The normalized spacial score (nSPS) is 27.4. The molecule has 2 aliphatic rings. The maximum absolute atomic E-state index is 13.4. The van der Waals surface area contributed by atoms with Crippen molar-refractivity contribution in [3.8, 4) is 5.75 Å². The second kappa shape index (κ2) is 8.65. The number of nitrogens with two attached hydrogens (primary N) is 1. The largest absolute Gasteiger partial charge is 0.482 e. The number of rotatable bonds is 4. The van der Waals surface area contributed by atoms with Crippen molar-refractivity contribution in [2.45, 2.75) is 44.3 Å². The number of fused-ring (bicyclic) bond motifs is 2. The molecule has 0 radical (unpaired) electrons. The molecule has 0 saturated heterocycles. The molecule has 0 heterocycles. The van der Waals surface area contributed by atoms with Crippen LogP contribution in [0.4, 0.5) is 23.2 Å². The number of halogens is 5. The van der Waals surface area contributed by atoms with E-state index in [2.05, 4.69) is 10.1 Å². The van der Waals surface area contributed by atoms with E-state index in [1.807, 2.05) is 0 Å². The number of amides is 1. The summed E-state index contributed by atoms with van der Waals surface area (Å²) in [6.07, 6.45) is -0.0991. The summed E-state index contributed by atoms with van der Waals surface area (Å²) in [5, 5.41) is 2.61. The van der Waals surface area contributed by atoms with Gasteiger partial charge in [0.05, 0.1) is 5.69 Å². The number of nitrogens with one attached hydrogen (secondary N) is 1. The summed E-state index contributed by atoms with van der Waals surface area (Å²) < 4.78 is 55.2. The van der Waals surface area contributed by atoms with Gasteiger partial charge < -0.3 is 15.8 Å². The van der Waals surface area contributed by atoms with Gasteiger partial charge in [-0.2, -0.15) is 13.2 Å². The molecular formula is C18H23ClF4N2O2. The number of hydrogen-bond donors (Lipinski definition) is 2. The summed E-state index contributed by atoms with van der Waals surface area (Å²) in [6.45, 7) is -1.55. The summed E-state index contributed by atoms with van der Waals surface area (Å²) in [7, 11) is 0.